The number of carbonyl (C=O) groups excluding carboxylic acids is 2. The normalized spacial score (nSPS) is 12.7. The number of hydrogen-bond donors (Lipinski definition) is 2. The number of nitrogens with two attached hydrogens (primary N) is 1. The SMILES string of the molecule is CC(C)OC(=O)C(N)CCNC(=O)C(C)C. The monoisotopic (exact) mass is 230 g/mol. The fourth-order valence-corrected chi connectivity index (χ4v) is 0.993. The third kappa shape index (κ3) is 6.40. The summed E-state index contributed by atoms with van der Waals surface area (Å²) in [5.74, 6) is -0.517. The molecule has 0 aromatic heterocycles. The van der Waals surface area contributed by atoms with Gasteiger partial charge in [0, 0.05) is 12.5 Å². The second kappa shape index (κ2) is 7.22. The minimum Gasteiger partial charge on any atom is -0.462 e. The zero-order valence-corrected chi connectivity index (χ0v) is 10.4. The Kier molecular flexibility index (Phi) is 6.72. The summed E-state index contributed by atoms with van der Waals surface area (Å²) in [6, 6.07) is -0.671. The van der Waals surface area contributed by atoms with Crippen molar-refractivity contribution in [1.82, 2.24) is 5.32 Å². The van der Waals surface area contributed by atoms with Crippen LogP contribution in [-0.2, 0) is 14.3 Å². The molecule has 0 radical (unpaired) electrons. The Morgan fingerprint density at radius 2 is 1.81 bits per heavy atom. The van der Waals surface area contributed by atoms with Crippen LogP contribution in [0.3, 0.4) is 0 Å². The Morgan fingerprint density at radius 3 is 2.25 bits per heavy atom. The van der Waals surface area contributed by atoms with Gasteiger partial charge in [0.1, 0.15) is 6.04 Å². The van der Waals surface area contributed by atoms with Gasteiger partial charge in [-0.15, -0.1) is 0 Å². The Labute approximate surface area is 96.7 Å². The van der Waals surface area contributed by atoms with Gasteiger partial charge in [-0.25, -0.2) is 0 Å². The minimum atomic E-state index is -0.671. The summed E-state index contributed by atoms with van der Waals surface area (Å²) >= 11 is 0. The molecule has 1 atom stereocenters. The summed E-state index contributed by atoms with van der Waals surface area (Å²) in [6.45, 7) is 7.55. The fourth-order valence-electron chi connectivity index (χ4n) is 0.993. The highest BCUT2D eigenvalue weighted by Gasteiger charge is 2.16. The molecule has 0 bridgehead atoms. The van der Waals surface area contributed by atoms with Crippen LogP contribution in [0.2, 0.25) is 0 Å². The molecule has 94 valence electrons. The van der Waals surface area contributed by atoms with Crippen LogP contribution in [0.4, 0.5) is 0 Å². The van der Waals surface area contributed by atoms with Crippen molar-refractivity contribution >= 4 is 11.9 Å². The lowest BCUT2D eigenvalue weighted by Crippen LogP contribution is -2.38. The molecule has 0 aromatic rings. The predicted octanol–water partition coefficient (Wildman–Crippen LogP) is 0.428. The van der Waals surface area contributed by atoms with Crippen molar-refractivity contribution in [1.29, 1.82) is 0 Å². The lowest BCUT2D eigenvalue weighted by molar-refractivity contribution is -0.149. The largest absolute Gasteiger partial charge is 0.462 e. The van der Waals surface area contributed by atoms with Gasteiger partial charge in [0.15, 0.2) is 0 Å². The average molecular weight is 230 g/mol. The van der Waals surface area contributed by atoms with E-state index in [1.807, 2.05) is 13.8 Å². The molecule has 0 heterocycles. The summed E-state index contributed by atoms with van der Waals surface area (Å²) in [7, 11) is 0. The van der Waals surface area contributed by atoms with Gasteiger partial charge in [-0.2, -0.15) is 0 Å². The summed E-state index contributed by atoms with van der Waals surface area (Å²) in [5, 5.41) is 2.69. The van der Waals surface area contributed by atoms with E-state index >= 15 is 0 Å². The summed E-state index contributed by atoms with van der Waals surface area (Å²) in [6.07, 6.45) is 0.230. The highest BCUT2D eigenvalue weighted by Crippen LogP contribution is 1.97. The molecule has 0 aliphatic rings. The number of nitrogens with one attached hydrogen (secondary N) is 1. The van der Waals surface area contributed by atoms with Crippen molar-refractivity contribution in [3.05, 3.63) is 0 Å². The molecule has 16 heavy (non-hydrogen) atoms. The van der Waals surface area contributed by atoms with Crippen molar-refractivity contribution in [2.75, 3.05) is 6.54 Å². The van der Waals surface area contributed by atoms with Crippen LogP contribution in [0.5, 0.6) is 0 Å². The Hall–Kier alpha value is -1.10. The number of ether oxygens (including phenoxy) is 1. The van der Waals surface area contributed by atoms with Gasteiger partial charge in [-0.1, -0.05) is 13.8 Å². The first-order valence-corrected chi connectivity index (χ1v) is 5.58. The van der Waals surface area contributed by atoms with Crippen LogP contribution in [-0.4, -0.2) is 30.6 Å². The van der Waals surface area contributed by atoms with Crippen LogP contribution < -0.4 is 11.1 Å². The molecular formula is C11H22N2O3. The number of amides is 1. The van der Waals surface area contributed by atoms with Crippen LogP contribution in [0.1, 0.15) is 34.1 Å². The Bertz CT molecular complexity index is 239. The summed E-state index contributed by atoms with van der Waals surface area (Å²) in [5.41, 5.74) is 5.60. The second-order valence-corrected chi connectivity index (χ2v) is 4.33. The maximum absolute atomic E-state index is 11.3. The van der Waals surface area contributed by atoms with E-state index in [0.29, 0.717) is 13.0 Å². The highest BCUT2D eigenvalue weighted by molar-refractivity contribution is 5.78. The van der Waals surface area contributed by atoms with Crippen molar-refractivity contribution in [2.24, 2.45) is 11.7 Å². The highest BCUT2D eigenvalue weighted by atomic mass is 16.5. The molecule has 5 heteroatoms. The quantitative estimate of drug-likeness (QED) is 0.648. The van der Waals surface area contributed by atoms with Crippen molar-refractivity contribution in [3.8, 4) is 0 Å². The zero-order chi connectivity index (χ0) is 12.7. The first kappa shape index (κ1) is 14.9. The number of carbonyl (C=O) groups is 2. The van der Waals surface area contributed by atoms with Crippen LogP contribution in [0.15, 0.2) is 0 Å². The molecular weight excluding hydrogens is 208 g/mol. The molecule has 1 amide bonds. The molecule has 5 nitrogen and oxygen atoms in total. The van der Waals surface area contributed by atoms with Gasteiger partial charge in [0.25, 0.3) is 0 Å². The van der Waals surface area contributed by atoms with E-state index in [-0.39, 0.29) is 17.9 Å². The number of rotatable bonds is 6. The smallest absolute Gasteiger partial charge is 0.323 e. The summed E-state index contributed by atoms with van der Waals surface area (Å²) < 4.78 is 4.94. The van der Waals surface area contributed by atoms with E-state index < -0.39 is 12.0 Å². The van der Waals surface area contributed by atoms with E-state index in [1.54, 1.807) is 13.8 Å². The van der Waals surface area contributed by atoms with Crippen LogP contribution in [0.25, 0.3) is 0 Å². The van der Waals surface area contributed by atoms with Gasteiger partial charge < -0.3 is 15.8 Å². The second-order valence-electron chi connectivity index (χ2n) is 4.33. The number of hydrogen-bond acceptors (Lipinski definition) is 4. The first-order chi connectivity index (χ1) is 7.34. The topological polar surface area (TPSA) is 81.4 Å². The molecule has 0 fully saturated rings. The maximum atomic E-state index is 11.3. The van der Waals surface area contributed by atoms with Gasteiger partial charge in [0.2, 0.25) is 5.91 Å². The van der Waals surface area contributed by atoms with E-state index in [1.165, 1.54) is 0 Å². The van der Waals surface area contributed by atoms with E-state index in [9.17, 15) is 9.59 Å². The molecule has 1 unspecified atom stereocenters. The van der Waals surface area contributed by atoms with Gasteiger partial charge >= 0.3 is 5.97 Å². The van der Waals surface area contributed by atoms with Crippen molar-refractivity contribution < 1.29 is 14.3 Å². The Morgan fingerprint density at radius 1 is 1.25 bits per heavy atom. The number of esters is 1. The van der Waals surface area contributed by atoms with E-state index in [2.05, 4.69) is 5.32 Å². The lowest BCUT2D eigenvalue weighted by atomic mass is 10.2. The molecule has 0 aromatic carbocycles. The van der Waals surface area contributed by atoms with Crippen LogP contribution in [0, 0.1) is 5.92 Å². The molecule has 0 spiro atoms. The van der Waals surface area contributed by atoms with E-state index in [0.717, 1.165) is 0 Å². The first-order valence-electron chi connectivity index (χ1n) is 5.58. The lowest BCUT2D eigenvalue weighted by Gasteiger charge is -2.14. The van der Waals surface area contributed by atoms with Crippen molar-refractivity contribution in [2.45, 2.75) is 46.3 Å². The van der Waals surface area contributed by atoms with Gasteiger partial charge in [0.05, 0.1) is 6.10 Å². The fraction of sp³-hybridized carbons (Fsp3) is 0.818. The molecule has 0 saturated heterocycles. The summed E-state index contributed by atoms with van der Waals surface area (Å²) in [4.78, 5) is 22.5. The third-order valence-corrected chi connectivity index (χ3v) is 1.93. The average Bonchev–Trinajstić information content (AvgIpc) is 2.15. The molecule has 0 rings (SSSR count). The third-order valence-electron chi connectivity index (χ3n) is 1.93. The van der Waals surface area contributed by atoms with Crippen LogP contribution >= 0.6 is 0 Å². The zero-order valence-electron chi connectivity index (χ0n) is 10.4. The maximum Gasteiger partial charge on any atom is 0.323 e. The predicted molar refractivity (Wildman–Crippen MR) is 61.7 cm³/mol. The standard InChI is InChI=1S/C11H22N2O3/c1-7(2)10(14)13-6-5-9(12)11(15)16-8(3)4/h7-9H,5-6,12H2,1-4H3,(H,13,14). The molecule has 0 aliphatic carbocycles. The molecule has 3 N–H and O–H groups in total. The van der Waals surface area contributed by atoms with E-state index in [4.69, 9.17) is 10.5 Å². The minimum absolute atomic E-state index is 0.0376. The molecule has 0 aliphatic heterocycles. The Balaban J connectivity index is 3.77. The molecule has 0 saturated carbocycles. The van der Waals surface area contributed by atoms with Crippen molar-refractivity contribution in [3.63, 3.8) is 0 Å². The van der Waals surface area contributed by atoms with Gasteiger partial charge in [-0.05, 0) is 20.3 Å². The van der Waals surface area contributed by atoms with Gasteiger partial charge in [-0.3, -0.25) is 9.59 Å².